The fraction of sp³-hybridized carbons (Fsp3) is 0.462. The van der Waals surface area contributed by atoms with Crippen LogP contribution >= 0.6 is 11.6 Å². The summed E-state index contributed by atoms with van der Waals surface area (Å²) in [5.74, 6) is 0.263. The van der Waals surface area contributed by atoms with Crippen molar-refractivity contribution < 1.29 is 9.90 Å². The molecule has 100 valence electrons. The van der Waals surface area contributed by atoms with Gasteiger partial charge in [0.05, 0.1) is 18.4 Å². The lowest BCUT2D eigenvalue weighted by molar-refractivity contribution is -0.127. The number of benzene rings is 1. The van der Waals surface area contributed by atoms with E-state index in [1.807, 2.05) is 24.3 Å². The normalized spacial score (nSPS) is 12.0. The molecule has 0 aromatic heterocycles. The third-order valence-electron chi connectivity index (χ3n) is 2.50. The van der Waals surface area contributed by atoms with Crippen LogP contribution in [0.3, 0.4) is 0 Å². The van der Waals surface area contributed by atoms with Gasteiger partial charge in [-0.15, -0.1) is 11.6 Å². The number of amides is 1. The second kappa shape index (κ2) is 7.24. The van der Waals surface area contributed by atoms with Crippen LogP contribution in [-0.4, -0.2) is 48.5 Å². The minimum Gasteiger partial charge on any atom is -0.390 e. The number of aliphatic hydroxyl groups is 1. The largest absolute Gasteiger partial charge is 0.390 e. The quantitative estimate of drug-likeness (QED) is 0.767. The van der Waals surface area contributed by atoms with E-state index < -0.39 is 6.10 Å². The maximum absolute atomic E-state index is 11.6. The van der Waals surface area contributed by atoms with Gasteiger partial charge in [0, 0.05) is 26.3 Å². The Balaban J connectivity index is 2.59. The molecule has 1 rings (SSSR count). The Labute approximate surface area is 113 Å². The molecule has 1 aromatic rings. The van der Waals surface area contributed by atoms with E-state index in [0.29, 0.717) is 13.0 Å². The van der Waals surface area contributed by atoms with E-state index in [9.17, 15) is 9.90 Å². The molecule has 0 aliphatic heterocycles. The lowest BCUT2D eigenvalue weighted by Gasteiger charge is -2.12. The lowest BCUT2D eigenvalue weighted by Crippen LogP contribution is -2.23. The topological polar surface area (TPSA) is 52.6 Å². The number of rotatable bonds is 6. The first-order valence-electron chi connectivity index (χ1n) is 5.80. The monoisotopic (exact) mass is 270 g/mol. The molecule has 0 aliphatic carbocycles. The van der Waals surface area contributed by atoms with Crippen LogP contribution in [-0.2, 0) is 11.2 Å². The summed E-state index contributed by atoms with van der Waals surface area (Å²) < 4.78 is 0. The molecule has 0 radical (unpaired) electrons. The molecule has 0 spiro atoms. The van der Waals surface area contributed by atoms with Gasteiger partial charge in [-0.05, 0) is 17.7 Å². The number of hydrogen-bond donors (Lipinski definition) is 2. The molecule has 4 nitrogen and oxygen atoms in total. The summed E-state index contributed by atoms with van der Waals surface area (Å²) >= 11 is 5.51. The van der Waals surface area contributed by atoms with Crippen molar-refractivity contribution >= 4 is 23.2 Å². The number of aliphatic hydroxyl groups excluding tert-OH is 1. The summed E-state index contributed by atoms with van der Waals surface area (Å²) in [7, 11) is 3.47. The molecule has 2 N–H and O–H groups in total. The first kappa shape index (κ1) is 14.8. The van der Waals surface area contributed by atoms with Gasteiger partial charge in [-0.3, -0.25) is 4.79 Å². The Morgan fingerprint density at radius 2 is 2.22 bits per heavy atom. The molecule has 1 aromatic carbocycles. The van der Waals surface area contributed by atoms with Crippen LogP contribution in [0.5, 0.6) is 0 Å². The third kappa shape index (κ3) is 4.94. The molecular weight excluding hydrogens is 252 g/mol. The summed E-state index contributed by atoms with van der Waals surface area (Å²) in [6.45, 7) is 0.397. The summed E-state index contributed by atoms with van der Waals surface area (Å²) in [5, 5.41) is 12.4. The van der Waals surface area contributed by atoms with Crippen LogP contribution < -0.4 is 5.32 Å². The van der Waals surface area contributed by atoms with Gasteiger partial charge < -0.3 is 15.3 Å². The molecule has 1 amide bonds. The SMILES string of the molecule is CN(C)C(=O)Cc1cccc(NCC(O)CCl)c1. The van der Waals surface area contributed by atoms with E-state index >= 15 is 0 Å². The number of carbonyl (C=O) groups excluding carboxylic acids is 1. The number of hydrogen-bond acceptors (Lipinski definition) is 3. The van der Waals surface area contributed by atoms with Crippen molar-refractivity contribution in [3.05, 3.63) is 29.8 Å². The van der Waals surface area contributed by atoms with E-state index in [0.717, 1.165) is 11.3 Å². The zero-order valence-corrected chi connectivity index (χ0v) is 11.4. The molecule has 0 saturated heterocycles. The van der Waals surface area contributed by atoms with Crippen LogP contribution in [0.25, 0.3) is 0 Å². The molecule has 0 bridgehead atoms. The number of nitrogens with zero attached hydrogens (tertiary/aromatic N) is 1. The van der Waals surface area contributed by atoms with Gasteiger partial charge in [-0.2, -0.15) is 0 Å². The highest BCUT2D eigenvalue weighted by Gasteiger charge is 2.06. The minimum absolute atomic E-state index is 0.0629. The first-order valence-corrected chi connectivity index (χ1v) is 6.33. The average molecular weight is 271 g/mol. The van der Waals surface area contributed by atoms with E-state index in [4.69, 9.17) is 11.6 Å². The van der Waals surface area contributed by atoms with Crippen molar-refractivity contribution in [3.8, 4) is 0 Å². The molecular formula is C13H19ClN2O2. The zero-order valence-electron chi connectivity index (χ0n) is 10.7. The van der Waals surface area contributed by atoms with Gasteiger partial charge in [0.1, 0.15) is 0 Å². The number of nitrogens with one attached hydrogen (secondary N) is 1. The molecule has 0 fully saturated rings. The van der Waals surface area contributed by atoms with Crippen molar-refractivity contribution in [3.63, 3.8) is 0 Å². The van der Waals surface area contributed by atoms with E-state index in [1.165, 1.54) is 0 Å². The highest BCUT2D eigenvalue weighted by atomic mass is 35.5. The number of carbonyl (C=O) groups is 1. The van der Waals surface area contributed by atoms with Crippen molar-refractivity contribution in [2.75, 3.05) is 31.8 Å². The van der Waals surface area contributed by atoms with Crippen LogP contribution in [0.4, 0.5) is 5.69 Å². The van der Waals surface area contributed by atoms with Crippen LogP contribution in [0, 0.1) is 0 Å². The fourth-order valence-corrected chi connectivity index (χ4v) is 1.52. The van der Waals surface area contributed by atoms with E-state index in [-0.39, 0.29) is 11.8 Å². The van der Waals surface area contributed by atoms with E-state index in [1.54, 1.807) is 19.0 Å². The van der Waals surface area contributed by atoms with Crippen LogP contribution in [0.15, 0.2) is 24.3 Å². The lowest BCUT2D eigenvalue weighted by atomic mass is 10.1. The summed E-state index contributed by atoms with van der Waals surface area (Å²) in [5.41, 5.74) is 1.82. The fourth-order valence-electron chi connectivity index (χ4n) is 1.41. The average Bonchev–Trinajstić information content (AvgIpc) is 2.36. The van der Waals surface area contributed by atoms with Gasteiger partial charge in [-0.1, -0.05) is 12.1 Å². The summed E-state index contributed by atoms with van der Waals surface area (Å²) in [6, 6.07) is 7.59. The molecule has 0 heterocycles. The predicted octanol–water partition coefficient (Wildman–Crippen LogP) is 1.33. The summed E-state index contributed by atoms with van der Waals surface area (Å²) in [4.78, 5) is 13.2. The third-order valence-corrected chi connectivity index (χ3v) is 2.86. The van der Waals surface area contributed by atoms with Gasteiger partial charge in [0.15, 0.2) is 0 Å². The Morgan fingerprint density at radius 1 is 1.50 bits per heavy atom. The van der Waals surface area contributed by atoms with Crippen LogP contribution in [0.1, 0.15) is 5.56 Å². The maximum atomic E-state index is 11.6. The number of anilines is 1. The molecule has 1 atom stereocenters. The Morgan fingerprint density at radius 3 is 2.83 bits per heavy atom. The van der Waals surface area contributed by atoms with Gasteiger partial charge in [0.25, 0.3) is 0 Å². The number of likely N-dealkylation sites (N-methyl/N-ethyl adjacent to an activating group) is 1. The van der Waals surface area contributed by atoms with Gasteiger partial charge in [-0.25, -0.2) is 0 Å². The molecule has 1 unspecified atom stereocenters. The molecule has 5 heteroatoms. The Bertz CT molecular complexity index is 396. The van der Waals surface area contributed by atoms with Gasteiger partial charge >= 0.3 is 0 Å². The second-order valence-corrected chi connectivity index (χ2v) is 4.66. The van der Waals surface area contributed by atoms with E-state index in [2.05, 4.69) is 5.32 Å². The van der Waals surface area contributed by atoms with Crippen molar-refractivity contribution in [1.82, 2.24) is 4.90 Å². The highest BCUT2D eigenvalue weighted by molar-refractivity contribution is 6.18. The van der Waals surface area contributed by atoms with Crippen molar-refractivity contribution in [2.24, 2.45) is 0 Å². The zero-order chi connectivity index (χ0) is 13.5. The molecule has 0 saturated carbocycles. The minimum atomic E-state index is -0.571. The van der Waals surface area contributed by atoms with Crippen LogP contribution in [0.2, 0.25) is 0 Å². The number of alkyl halides is 1. The smallest absolute Gasteiger partial charge is 0.226 e. The second-order valence-electron chi connectivity index (χ2n) is 4.35. The standard InChI is InChI=1S/C13H19ClN2O2/c1-16(2)13(18)7-10-4-3-5-11(6-10)15-9-12(17)8-14/h3-6,12,15,17H,7-9H2,1-2H3. The number of halogens is 1. The Kier molecular flexibility index (Phi) is 5.95. The van der Waals surface area contributed by atoms with Crippen molar-refractivity contribution in [1.29, 1.82) is 0 Å². The Hall–Kier alpha value is -1.26. The van der Waals surface area contributed by atoms with Crippen molar-refractivity contribution in [2.45, 2.75) is 12.5 Å². The van der Waals surface area contributed by atoms with Gasteiger partial charge in [0.2, 0.25) is 5.91 Å². The molecule has 0 aliphatic rings. The molecule has 18 heavy (non-hydrogen) atoms. The first-order chi connectivity index (χ1) is 8.52. The highest BCUT2D eigenvalue weighted by Crippen LogP contribution is 2.12. The summed E-state index contributed by atoms with van der Waals surface area (Å²) in [6.07, 6.45) is -0.195. The maximum Gasteiger partial charge on any atom is 0.226 e. The predicted molar refractivity (Wildman–Crippen MR) is 74.1 cm³/mol.